The molecule has 1 unspecified atom stereocenters. The molecule has 98 valence electrons. The minimum absolute atomic E-state index is 0.676. The number of carbonyl (C=O) groups is 1. The van der Waals surface area contributed by atoms with Crippen LogP contribution in [0.4, 0.5) is 5.69 Å². The molecule has 19 heavy (non-hydrogen) atoms. The molecule has 0 saturated heterocycles. The minimum Gasteiger partial charge on any atom is -0.479 e. The van der Waals surface area contributed by atoms with Crippen LogP contribution in [0.2, 0.25) is 0 Å². The lowest BCUT2D eigenvalue weighted by Crippen LogP contribution is -2.21. The molecule has 1 aromatic heterocycles. The summed E-state index contributed by atoms with van der Waals surface area (Å²) in [5, 5.41) is 12.4. The molecule has 1 heterocycles. The molecule has 0 fully saturated rings. The third kappa shape index (κ3) is 3.10. The van der Waals surface area contributed by atoms with Gasteiger partial charge in [0.1, 0.15) is 0 Å². The van der Waals surface area contributed by atoms with Crippen molar-refractivity contribution < 1.29 is 9.90 Å². The van der Waals surface area contributed by atoms with Crippen molar-refractivity contribution in [1.29, 1.82) is 0 Å². The molecular formula is C15H16N2O2. The van der Waals surface area contributed by atoms with Crippen molar-refractivity contribution in [3.63, 3.8) is 0 Å². The summed E-state index contributed by atoms with van der Waals surface area (Å²) >= 11 is 0. The zero-order valence-corrected chi connectivity index (χ0v) is 10.9. The number of aromatic nitrogens is 1. The van der Waals surface area contributed by atoms with Crippen LogP contribution in [0.5, 0.6) is 0 Å². The first-order chi connectivity index (χ1) is 9.08. The van der Waals surface area contributed by atoms with Crippen LogP contribution in [0.3, 0.4) is 0 Å². The number of benzene rings is 1. The maximum Gasteiger partial charge on any atom is 0.330 e. The van der Waals surface area contributed by atoms with Crippen LogP contribution in [0, 0.1) is 13.8 Å². The van der Waals surface area contributed by atoms with Gasteiger partial charge in [0.05, 0.1) is 0 Å². The Morgan fingerprint density at radius 2 is 1.89 bits per heavy atom. The lowest BCUT2D eigenvalue weighted by atomic mass is 10.0. The molecule has 0 saturated carbocycles. The molecule has 4 nitrogen and oxygen atoms in total. The van der Waals surface area contributed by atoms with Crippen LogP contribution in [0.15, 0.2) is 42.7 Å². The fraction of sp³-hybridized carbons (Fsp3) is 0.200. The molecule has 1 aromatic carbocycles. The molecule has 0 aliphatic rings. The van der Waals surface area contributed by atoms with Gasteiger partial charge in [0, 0.05) is 23.6 Å². The quantitative estimate of drug-likeness (QED) is 0.882. The minimum atomic E-state index is -0.920. The van der Waals surface area contributed by atoms with Gasteiger partial charge < -0.3 is 10.4 Å². The second-order valence-electron chi connectivity index (χ2n) is 4.51. The van der Waals surface area contributed by atoms with Crippen LogP contribution in [-0.2, 0) is 4.79 Å². The average Bonchev–Trinajstić information content (AvgIpc) is 2.39. The summed E-state index contributed by atoms with van der Waals surface area (Å²) in [4.78, 5) is 15.4. The molecule has 0 radical (unpaired) electrons. The van der Waals surface area contributed by atoms with E-state index in [2.05, 4.69) is 10.3 Å². The second kappa shape index (κ2) is 5.52. The Balaban J connectivity index is 2.29. The van der Waals surface area contributed by atoms with E-state index >= 15 is 0 Å². The molecule has 2 rings (SSSR count). The Kier molecular flexibility index (Phi) is 3.80. The highest BCUT2D eigenvalue weighted by Gasteiger charge is 2.21. The third-order valence-corrected chi connectivity index (χ3v) is 3.00. The fourth-order valence-electron chi connectivity index (χ4n) is 1.87. The summed E-state index contributed by atoms with van der Waals surface area (Å²) in [7, 11) is 0. The Bertz CT molecular complexity index is 579. The third-order valence-electron chi connectivity index (χ3n) is 3.00. The van der Waals surface area contributed by atoms with E-state index < -0.39 is 12.0 Å². The summed E-state index contributed by atoms with van der Waals surface area (Å²) in [6, 6.07) is 8.64. The molecule has 0 aliphatic heterocycles. The number of pyridine rings is 1. The molecule has 4 heteroatoms. The Morgan fingerprint density at radius 3 is 2.47 bits per heavy atom. The fourth-order valence-corrected chi connectivity index (χ4v) is 1.87. The predicted octanol–water partition coefficient (Wildman–Crippen LogP) is 2.94. The van der Waals surface area contributed by atoms with Crippen LogP contribution < -0.4 is 5.32 Å². The van der Waals surface area contributed by atoms with E-state index in [1.807, 2.05) is 44.2 Å². The van der Waals surface area contributed by atoms with Gasteiger partial charge in [-0.15, -0.1) is 0 Å². The summed E-state index contributed by atoms with van der Waals surface area (Å²) in [5.41, 5.74) is 3.49. The van der Waals surface area contributed by atoms with Crippen molar-refractivity contribution in [3.8, 4) is 0 Å². The largest absolute Gasteiger partial charge is 0.479 e. The van der Waals surface area contributed by atoms with Crippen molar-refractivity contribution in [2.24, 2.45) is 0 Å². The molecule has 2 aromatic rings. The maximum atomic E-state index is 11.4. The highest BCUT2D eigenvalue weighted by Crippen LogP contribution is 2.22. The predicted molar refractivity (Wildman–Crippen MR) is 74.2 cm³/mol. The number of anilines is 1. The van der Waals surface area contributed by atoms with Crippen LogP contribution in [-0.4, -0.2) is 16.1 Å². The molecule has 0 aliphatic carbocycles. The summed E-state index contributed by atoms with van der Waals surface area (Å²) in [5.74, 6) is -0.920. The summed E-state index contributed by atoms with van der Waals surface area (Å²) < 4.78 is 0. The van der Waals surface area contributed by atoms with E-state index in [1.54, 1.807) is 12.4 Å². The zero-order chi connectivity index (χ0) is 13.8. The first-order valence-corrected chi connectivity index (χ1v) is 6.04. The first-order valence-electron chi connectivity index (χ1n) is 6.04. The molecule has 2 N–H and O–H groups in total. The number of nitrogens with zero attached hydrogens (tertiary/aromatic N) is 1. The van der Waals surface area contributed by atoms with E-state index in [1.165, 1.54) is 0 Å². The lowest BCUT2D eigenvalue weighted by molar-refractivity contribution is -0.138. The summed E-state index contributed by atoms with van der Waals surface area (Å²) in [6.45, 7) is 3.87. The van der Waals surface area contributed by atoms with E-state index in [0.717, 1.165) is 16.8 Å². The van der Waals surface area contributed by atoms with Crippen LogP contribution in [0.1, 0.15) is 22.7 Å². The number of nitrogens with one attached hydrogen (secondary N) is 1. The number of aliphatic carboxylic acids is 1. The maximum absolute atomic E-state index is 11.4. The average molecular weight is 256 g/mol. The number of carboxylic acids is 1. The van der Waals surface area contributed by atoms with Gasteiger partial charge in [-0.2, -0.15) is 0 Å². The highest BCUT2D eigenvalue weighted by atomic mass is 16.4. The van der Waals surface area contributed by atoms with E-state index in [0.29, 0.717) is 5.56 Å². The standard InChI is InChI=1S/C15H16N2O2/c1-10-3-5-12(6-4-10)17-14(15(18)19)13-9-16-8-7-11(13)2/h3-9,14,17H,1-2H3,(H,18,19). The normalized spacial score (nSPS) is 11.9. The van der Waals surface area contributed by atoms with Crippen LogP contribution in [0.25, 0.3) is 0 Å². The van der Waals surface area contributed by atoms with Gasteiger partial charge >= 0.3 is 5.97 Å². The summed E-state index contributed by atoms with van der Waals surface area (Å²) in [6.07, 6.45) is 3.25. The topological polar surface area (TPSA) is 62.2 Å². The molecule has 0 amide bonds. The zero-order valence-electron chi connectivity index (χ0n) is 10.9. The highest BCUT2D eigenvalue weighted by molar-refractivity contribution is 5.79. The van der Waals surface area contributed by atoms with Gasteiger partial charge in [0.2, 0.25) is 0 Å². The van der Waals surface area contributed by atoms with Crippen molar-refractivity contribution >= 4 is 11.7 Å². The van der Waals surface area contributed by atoms with Gasteiger partial charge in [-0.05, 0) is 37.6 Å². The monoisotopic (exact) mass is 256 g/mol. The van der Waals surface area contributed by atoms with Crippen LogP contribution >= 0.6 is 0 Å². The van der Waals surface area contributed by atoms with Gasteiger partial charge in [0.15, 0.2) is 6.04 Å². The molecule has 0 spiro atoms. The molecule has 1 atom stereocenters. The van der Waals surface area contributed by atoms with Gasteiger partial charge in [0.25, 0.3) is 0 Å². The first kappa shape index (κ1) is 13.1. The van der Waals surface area contributed by atoms with E-state index in [9.17, 15) is 9.90 Å². The van der Waals surface area contributed by atoms with Crippen molar-refractivity contribution in [1.82, 2.24) is 4.98 Å². The second-order valence-corrected chi connectivity index (χ2v) is 4.51. The van der Waals surface area contributed by atoms with Gasteiger partial charge in [-0.3, -0.25) is 4.98 Å². The van der Waals surface area contributed by atoms with E-state index in [-0.39, 0.29) is 0 Å². The number of aryl methyl sites for hydroxylation is 2. The van der Waals surface area contributed by atoms with Gasteiger partial charge in [-0.1, -0.05) is 17.7 Å². The Labute approximate surface area is 112 Å². The van der Waals surface area contributed by atoms with Crippen molar-refractivity contribution in [2.75, 3.05) is 5.32 Å². The molecular weight excluding hydrogens is 240 g/mol. The SMILES string of the molecule is Cc1ccc(NC(C(=O)O)c2cnccc2C)cc1. The van der Waals surface area contributed by atoms with E-state index in [4.69, 9.17) is 0 Å². The smallest absolute Gasteiger partial charge is 0.330 e. The van der Waals surface area contributed by atoms with Crippen molar-refractivity contribution in [3.05, 3.63) is 59.4 Å². The Morgan fingerprint density at radius 1 is 1.21 bits per heavy atom. The number of hydrogen-bond donors (Lipinski definition) is 2. The number of carboxylic acid groups (broad SMARTS) is 1. The number of hydrogen-bond acceptors (Lipinski definition) is 3. The van der Waals surface area contributed by atoms with Crippen molar-refractivity contribution in [2.45, 2.75) is 19.9 Å². The lowest BCUT2D eigenvalue weighted by Gasteiger charge is -2.17. The number of rotatable bonds is 4. The Hall–Kier alpha value is -2.36. The molecule has 0 bridgehead atoms. The van der Waals surface area contributed by atoms with Gasteiger partial charge in [-0.25, -0.2) is 4.79 Å².